The van der Waals surface area contributed by atoms with Crippen molar-refractivity contribution >= 4 is 12.0 Å². The number of aliphatic carboxylic acids is 1. The number of hydrogen-bond donors (Lipinski definition) is 3. The van der Waals surface area contributed by atoms with Gasteiger partial charge in [-0.15, -0.1) is 6.58 Å². The first-order chi connectivity index (χ1) is 7.93. The van der Waals surface area contributed by atoms with E-state index in [-0.39, 0.29) is 0 Å². The van der Waals surface area contributed by atoms with E-state index in [0.717, 1.165) is 6.42 Å². The average molecular weight is 244 g/mol. The smallest absolute Gasteiger partial charge is 0.328 e. The maximum atomic E-state index is 11.7. The van der Waals surface area contributed by atoms with Crippen LogP contribution in [-0.2, 0) is 4.79 Å². The number of nitrogens with zero attached hydrogens (tertiary/aromatic N) is 1. The largest absolute Gasteiger partial charge is 0.480 e. The Balaban J connectivity index is 4.55. The predicted molar refractivity (Wildman–Crippen MR) is 63.7 cm³/mol. The minimum absolute atomic E-state index is 0.339. The molecule has 2 unspecified atom stereocenters. The summed E-state index contributed by atoms with van der Waals surface area (Å²) in [5.41, 5.74) is 0. The quantitative estimate of drug-likeness (QED) is 0.566. The fourth-order valence-electron chi connectivity index (χ4n) is 1.31. The van der Waals surface area contributed by atoms with Gasteiger partial charge in [0, 0.05) is 13.1 Å². The molecule has 0 radical (unpaired) electrons. The molecule has 0 aliphatic heterocycles. The lowest BCUT2D eigenvalue weighted by molar-refractivity contribution is -0.141. The van der Waals surface area contributed by atoms with Gasteiger partial charge in [0.1, 0.15) is 0 Å². The van der Waals surface area contributed by atoms with Crippen molar-refractivity contribution in [3.05, 3.63) is 12.7 Å². The first kappa shape index (κ1) is 15.4. The van der Waals surface area contributed by atoms with Gasteiger partial charge in [-0.2, -0.15) is 0 Å². The molecule has 3 N–H and O–H groups in total. The number of carbonyl (C=O) groups is 2. The van der Waals surface area contributed by atoms with Crippen molar-refractivity contribution in [2.75, 3.05) is 13.1 Å². The number of urea groups is 1. The van der Waals surface area contributed by atoms with E-state index in [1.165, 1.54) is 11.8 Å². The van der Waals surface area contributed by atoms with Crippen LogP contribution in [0.5, 0.6) is 0 Å². The first-order valence-electron chi connectivity index (χ1n) is 5.51. The van der Waals surface area contributed by atoms with Gasteiger partial charge in [-0.25, -0.2) is 9.59 Å². The average Bonchev–Trinajstić information content (AvgIpc) is 2.24. The van der Waals surface area contributed by atoms with Gasteiger partial charge >= 0.3 is 12.0 Å². The Kier molecular flexibility index (Phi) is 6.97. The van der Waals surface area contributed by atoms with Crippen molar-refractivity contribution in [1.29, 1.82) is 0 Å². The summed E-state index contributed by atoms with van der Waals surface area (Å²) in [6.45, 7) is 7.60. The van der Waals surface area contributed by atoms with Gasteiger partial charge in [0.15, 0.2) is 6.04 Å². The zero-order valence-corrected chi connectivity index (χ0v) is 10.2. The van der Waals surface area contributed by atoms with Gasteiger partial charge in [-0.3, -0.25) is 0 Å². The summed E-state index contributed by atoms with van der Waals surface area (Å²) in [6, 6.07) is -1.81. The molecule has 17 heavy (non-hydrogen) atoms. The van der Waals surface area contributed by atoms with Crippen molar-refractivity contribution in [2.45, 2.75) is 32.4 Å². The molecule has 0 aliphatic carbocycles. The lowest BCUT2D eigenvalue weighted by atomic mass is 10.2. The minimum Gasteiger partial charge on any atom is -0.480 e. The number of aliphatic hydroxyl groups excluding tert-OH is 1. The van der Waals surface area contributed by atoms with Gasteiger partial charge in [0.05, 0.1) is 6.10 Å². The molecule has 0 heterocycles. The monoisotopic (exact) mass is 244 g/mol. The maximum Gasteiger partial charge on any atom is 0.328 e. The summed E-state index contributed by atoms with van der Waals surface area (Å²) in [4.78, 5) is 24.0. The van der Waals surface area contributed by atoms with Crippen molar-refractivity contribution in [1.82, 2.24) is 10.2 Å². The molecule has 6 heteroatoms. The molecule has 0 bridgehead atoms. The molecule has 0 aromatic carbocycles. The molecule has 6 nitrogen and oxygen atoms in total. The number of carboxylic acids is 1. The fraction of sp³-hybridized carbons (Fsp3) is 0.636. The molecule has 2 atom stereocenters. The Bertz CT molecular complexity index is 279. The normalized spacial score (nSPS) is 13.6. The highest BCUT2D eigenvalue weighted by molar-refractivity contribution is 5.83. The predicted octanol–water partition coefficient (Wildman–Crippen LogP) is 0.428. The molecule has 0 rings (SSSR count). The maximum absolute atomic E-state index is 11.7. The third kappa shape index (κ3) is 5.35. The highest BCUT2D eigenvalue weighted by Gasteiger charge is 2.26. The summed E-state index contributed by atoms with van der Waals surface area (Å²) < 4.78 is 0. The molecular weight excluding hydrogens is 224 g/mol. The summed E-state index contributed by atoms with van der Waals surface area (Å²) in [5, 5.41) is 20.3. The van der Waals surface area contributed by atoms with E-state index in [1.54, 1.807) is 6.08 Å². The van der Waals surface area contributed by atoms with E-state index in [9.17, 15) is 14.7 Å². The molecule has 0 aromatic rings. The van der Waals surface area contributed by atoms with Crippen LogP contribution in [0.4, 0.5) is 4.79 Å². The molecule has 0 saturated carbocycles. The van der Waals surface area contributed by atoms with Crippen LogP contribution >= 0.6 is 0 Å². The molecule has 0 aromatic heterocycles. The van der Waals surface area contributed by atoms with Crippen LogP contribution in [0, 0.1) is 0 Å². The molecule has 0 spiro atoms. The highest BCUT2D eigenvalue weighted by Crippen LogP contribution is 1.98. The molecule has 2 amide bonds. The SMILES string of the molecule is C=CCN(CCC)C(=O)NC(C(=O)O)C(C)O. The zero-order chi connectivity index (χ0) is 13.4. The van der Waals surface area contributed by atoms with Crippen LogP contribution in [0.1, 0.15) is 20.3 Å². The number of aliphatic hydroxyl groups is 1. The van der Waals surface area contributed by atoms with Gasteiger partial charge < -0.3 is 20.4 Å². The zero-order valence-electron chi connectivity index (χ0n) is 10.2. The second-order valence-electron chi connectivity index (χ2n) is 3.74. The Hall–Kier alpha value is -1.56. The lowest BCUT2D eigenvalue weighted by Gasteiger charge is -2.24. The van der Waals surface area contributed by atoms with E-state index < -0.39 is 24.1 Å². The Labute approximate surface area is 101 Å². The Morgan fingerprint density at radius 2 is 2.12 bits per heavy atom. The van der Waals surface area contributed by atoms with Crippen LogP contribution in [-0.4, -0.2) is 52.3 Å². The summed E-state index contributed by atoms with van der Waals surface area (Å²) in [7, 11) is 0. The van der Waals surface area contributed by atoms with Crippen molar-refractivity contribution in [3.8, 4) is 0 Å². The lowest BCUT2D eigenvalue weighted by Crippen LogP contribution is -2.52. The summed E-state index contributed by atoms with van der Waals surface area (Å²) in [6.07, 6.45) is 1.17. The second-order valence-corrected chi connectivity index (χ2v) is 3.74. The van der Waals surface area contributed by atoms with Crippen LogP contribution in [0.2, 0.25) is 0 Å². The highest BCUT2D eigenvalue weighted by atomic mass is 16.4. The third-order valence-electron chi connectivity index (χ3n) is 2.16. The number of hydrogen-bond acceptors (Lipinski definition) is 3. The molecule has 0 fully saturated rings. The van der Waals surface area contributed by atoms with Gasteiger partial charge in [0.2, 0.25) is 0 Å². The molecule has 0 saturated heterocycles. The van der Waals surface area contributed by atoms with Crippen molar-refractivity contribution in [3.63, 3.8) is 0 Å². The first-order valence-corrected chi connectivity index (χ1v) is 5.51. The van der Waals surface area contributed by atoms with Crippen molar-refractivity contribution in [2.24, 2.45) is 0 Å². The summed E-state index contributed by atoms with van der Waals surface area (Å²) >= 11 is 0. The second kappa shape index (κ2) is 7.67. The minimum atomic E-state index is -1.30. The molecule has 0 aliphatic rings. The number of nitrogens with one attached hydrogen (secondary N) is 1. The van der Waals surface area contributed by atoms with E-state index in [2.05, 4.69) is 11.9 Å². The Morgan fingerprint density at radius 1 is 1.53 bits per heavy atom. The Morgan fingerprint density at radius 3 is 2.47 bits per heavy atom. The van der Waals surface area contributed by atoms with E-state index in [0.29, 0.717) is 13.1 Å². The fourth-order valence-corrected chi connectivity index (χ4v) is 1.31. The van der Waals surface area contributed by atoms with Crippen LogP contribution in [0.3, 0.4) is 0 Å². The number of carbonyl (C=O) groups excluding carboxylic acids is 1. The van der Waals surface area contributed by atoms with E-state index in [1.807, 2.05) is 6.92 Å². The van der Waals surface area contributed by atoms with Crippen LogP contribution in [0.25, 0.3) is 0 Å². The number of carboxylic acid groups (broad SMARTS) is 1. The molecular formula is C11H20N2O4. The van der Waals surface area contributed by atoms with Crippen LogP contribution in [0.15, 0.2) is 12.7 Å². The van der Waals surface area contributed by atoms with E-state index >= 15 is 0 Å². The topological polar surface area (TPSA) is 89.9 Å². The van der Waals surface area contributed by atoms with E-state index in [4.69, 9.17) is 5.11 Å². The van der Waals surface area contributed by atoms with Crippen LogP contribution < -0.4 is 5.32 Å². The number of amides is 2. The summed E-state index contributed by atoms with van der Waals surface area (Å²) in [5.74, 6) is -1.26. The number of rotatable bonds is 7. The van der Waals surface area contributed by atoms with Gasteiger partial charge in [-0.05, 0) is 13.3 Å². The third-order valence-corrected chi connectivity index (χ3v) is 2.16. The van der Waals surface area contributed by atoms with Crippen molar-refractivity contribution < 1.29 is 19.8 Å². The molecule has 98 valence electrons. The van der Waals surface area contributed by atoms with Gasteiger partial charge in [0.25, 0.3) is 0 Å². The standard InChI is InChI=1S/C11H20N2O4/c1-4-6-13(7-5-2)11(17)12-9(8(3)14)10(15)16/h4,8-9,14H,1,5-7H2,2-3H3,(H,12,17)(H,15,16). The van der Waals surface area contributed by atoms with Gasteiger partial charge in [-0.1, -0.05) is 13.0 Å².